The summed E-state index contributed by atoms with van der Waals surface area (Å²) in [5.41, 5.74) is 0. The van der Waals surface area contributed by atoms with Gasteiger partial charge in [-0.15, -0.1) is 0 Å². The summed E-state index contributed by atoms with van der Waals surface area (Å²) in [5.74, 6) is 0. The lowest BCUT2D eigenvalue weighted by Gasteiger charge is -1.86. The van der Waals surface area contributed by atoms with Crippen LogP contribution >= 0.6 is 0 Å². The van der Waals surface area contributed by atoms with Crippen LogP contribution in [0.4, 0.5) is 0 Å². The normalized spacial score (nSPS) is 11.4. The largest absolute Gasteiger partial charge is 0.0848 e. The molecule has 0 saturated heterocycles. The molecule has 61 valence electrons. The van der Waals surface area contributed by atoms with E-state index < -0.39 is 0 Å². The smallest absolute Gasteiger partial charge is 0.0345 e. The first-order chi connectivity index (χ1) is 5.41. The van der Waals surface area contributed by atoms with Gasteiger partial charge < -0.3 is 0 Å². The molecule has 0 spiro atoms. The van der Waals surface area contributed by atoms with Crippen molar-refractivity contribution in [1.29, 1.82) is 0 Å². The Hall–Kier alpha value is -0.780. The lowest BCUT2D eigenvalue weighted by atomic mass is 10.2. The molecule has 0 unspecified atom stereocenters. The first-order valence-electron chi connectivity index (χ1n) is 4.27. The zero-order chi connectivity index (χ0) is 8.36. The van der Waals surface area contributed by atoms with E-state index in [4.69, 9.17) is 6.58 Å². The highest BCUT2D eigenvalue weighted by Gasteiger charge is 1.76. The molecular weight excluding hydrogens is 132 g/mol. The molecule has 0 bridgehead atoms. The van der Waals surface area contributed by atoms with Crippen LogP contribution in [0.1, 0.15) is 32.6 Å². The second-order valence-electron chi connectivity index (χ2n) is 2.43. The van der Waals surface area contributed by atoms with Crippen molar-refractivity contribution < 1.29 is 0 Å². The molecule has 0 atom stereocenters. The van der Waals surface area contributed by atoms with Gasteiger partial charge in [0.25, 0.3) is 0 Å². The molecular formula is C11H17. The third-order valence-electron chi connectivity index (χ3n) is 1.36. The average molecular weight is 149 g/mol. The van der Waals surface area contributed by atoms with Crippen LogP contribution in [0, 0.1) is 6.58 Å². The van der Waals surface area contributed by atoms with Crippen molar-refractivity contribution in [2.24, 2.45) is 0 Å². The fraction of sp³-hybridized carbons (Fsp3) is 0.455. The van der Waals surface area contributed by atoms with Crippen LogP contribution < -0.4 is 0 Å². The van der Waals surface area contributed by atoms with Crippen molar-refractivity contribution in [3.05, 3.63) is 37.0 Å². The summed E-state index contributed by atoms with van der Waals surface area (Å²) >= 11 is 0. The lowest BCUT2D eigenvalue weighted by molar-refractivity contribution is 0.869. The summed E-state index contributed by atoms with van der Waals surface area (Å²) in [7, 11) is 0. The van der Waals surface area contributed by atoms with E-state index >= 15 is 0 Å². The molecule has 11 heavy (non-hydrogen) atoms. The van der Waals surface area contributed by atoms with Gasteiger partial charge in [0.1, 0.15) is 0 Å². The van der Waals surface area contributed by atoms with Crippen LogP contribution in [-0.2, 0) is 0 Å². The first-order valence-corrected chi connectivity index (χ1v) is 4.27. The number of unbranched alkanes of at least 4 members (excludes halogenated alkanes) is 2. The van der Waals surface area contributed by atoms with E-state index in [1.165, 1.54) is 0 Å². The molecule has 1 radical (unpaired) electrons. The van der Waals surface area contributed by atoms with Crippen molar-refractivity contribution in [2.75, 3.05) is 0 Å². The summed E-state index contributed by atoms with van der Waals surface area (Å²) in [6.07, 6.45) is 14.6. The fourth-order valence-corrected chi connectivity index (χ4v) is 0.743. The molecule has 0 fully saturated rings. The molecule has 0 aliphatic carbocycles. The zero-order valence-corrected chi connectivity index (χ0v) is 7.29. The van der Waals surface area contributed by atoms with Gasteiger partial charge in [0.15, 0.2) is 0 Å². The molecule has 0 saturated carbocycles. The van der Waals surface area contributed by atoms with Gasteiger partial charge in [-0.3, -0.25) is 0 Å². The minimum absolute atomic E-state index is 1.02. The minimum atomic E-state index is 1.02. The molecule has 0 heteroatoms. The highest BCUT2D eigenvalue weighted by molar-refractivity contribution is 5.01. The predicted octanol–water partition coefficient (Wildman–Crippen LogP) is 3.67. The summed E-state index contributed by atoms with van der Waals surface area (Å²) in [4.78, 5) is 0. The molecule has 0 amide bonds. The van der Waals surface area contributed by atoms with Crippen LogP contribution in [0.5, 0.6) is 0 Å². The average Bonchev–Trinajstić information content (AvgIpc) is 2.03. The third kappa shape index (κ3) is 9.22. The van der Waals surface area contributed by atoms with Gasteiger partial charge in [-0.1, -0.05) is 43.9 Å². The second kappa shape index (κ2) is 9.22. The molecule has 0 heterocycles. The summed E-state index contributed by atoms with van der Waals surface area (Å²) in [5, 5.41) is 0. The Morgan fingerprint density at radius 3 is 2.45 bits per heavy atom. The Kier molecular flexibility index (Phi) is 8.57. The maximum Gasteiger partial charge on any atom is -0.0345 e. The Morgan fingerprint density at radius 1 is 1.09 bits per heavy atom. The summed E-state index contributed by atoms with van der Waals surface area (Å²) < 4.78 is 0. The highest BCUT2D eigenvalue weighted by Crippen LogP contribution is 1.96. The predicted molar refractivity (Wildman–Crippen MR) is 51.3 cm³/mol. The van der Waals surface area contributed by atoms with Gasteiger partial charge in [0, 0.05) is 0 Å². The molecule has 0 aromatic carbocycles. The molecule has 0 aromatic rings. The van der Waals surface area contributed by atoms with Gasteiger partial charge in [-0.05, 0) is 25.7 Å². The topological polar surface area (TPSA) is 0 Å². The van der Waals surface area contributed by atoms with Gasteiger partial charge in [-0.2, -0.15) is 0 Å². The van der Waals surface area contributed by atoms with E-state index in [0.29, 0.717) is 0 Å². The Bertz CT molecular complexity index is 129. The standard InChI is InChI=1S/C11H17/c1-3-5-7-9-11-10-8-6-4-2/h1,3,6,8,10-11H,4-5,7,9H2,2H3. The van der Waals surface area contributed by atoms with Crippen LogP contribution in [0.25, 0.3) is 0 Å². The fourth-order valence-electron chi connectivity index (χ4n) is 0.743. The van der Waals surface area contributed by atoms with Crippen LogP contribution in [0.15, 0.2) is 30.4 Å². The van der Waals surface area contributed by atoms with Crippen molar-refractivity contribution in [3.8, 4) is 0 Å². The van der Waals surface area contributed by atoms with E-state index in [1.807, 2.05) is 0 Å². The maximum absolute atomic E-state index is 5.23. The van der Waals surface area contributed by atoms with Gasteiger partial charge in [-0.25, -0.2) is 0 Å². The van der Waals surface area contributed by atoms with Crippen molar-refractivity contribution in [1.82, 2.24) is 0 Å². The number of hydrogen-bond acceptors (Lipinski definition) is 0. The quantitative estimate of drug-likeness (QED) is 0.399. The molecule has 0 aliphatic rings. The first kappa shape index (κ1) is 10.2. The Morgan fingerprint density at radius 2 is 1.82 bits per heavy atom. The van der Waals surface area contributed by atoms with Crippen molar-refractivity contribution in [3.63, 3.8) is 0 Å². The molecule has 0 rings (SSSR count). The molecule has 0 aliphatic heterocycles. The zero-order valence-electron chi connectivity index (χ0n) is 7.29. The lowest BCUT2D eigenvalue weighted by Crippen LogP contribution is -1.66. The molecule has 0 aromatic heterocycles. The van der Waals surface area contributed by atoms with Crippen LogP contribution in [-0.4, -0.2) is 0 Å². The SMILES string of the molecule is [CH]=CCCCC=CC=CCC. The minimum Gasteiger partial charge on any atom is -0.0848 e. The summed E-state index contributed by atoms with van der Waals surface area (Å²) in [6, 6.07) is 0. The van der Waals surface area contributed by atoms with E-state index in [1.54, 1.807) is 6.08 Å². The summed E-state index contributed by atoms with van der Waals surface area (Å²) in [6.45, 7) is 7.36. The monoisotopic (exact) mass is 149 g/mol. The Balaban J connectivity index is 3.15. The number of allylic oxidation sites excluding steroid dienone is 5. The van der Waals surface area contributed by atoms with E-state index in [-0.39, 0.29) is 0 Å². The van der Waals surface area contributed by atoms with E-state index in [9.17, 15) is 0 Å². The third-order valence-corrected chi connectivity index (χ3v) is 1.36. The highest BCUT2D eigenvalue weighted by atomic mass is 13.8. The molecule has 0 nitrogen and oxygen atoms in total. The van der Waals surface area contributed by atoms with E-state index in [2.05, 4.69) is 31.2 Å². The number of hydrogen-bond donors (Lipinski definition) is 0. The van der Waals surface area contributed by atoms with Gasteiger partial charge in [0.05, 0.1) is 0 Å². The molecule has 0 N–H and O–H groups in total. The van der Waals surface area contributed by atoms with Gasteiger partial charge >= 0.3 is 0 Å². The number of rotatable bonds is 6. The maximum atomic E-state index is 5.23. The van der Waals surface area contributed by atoms with Crippen molar-refractivity contribution >= 4 is 0 Å². The Labute approximate surface area is 70.3 Å². The van der Waals surface area contributed by atoms with Gasteiger partial charge in [0.2, 0.25) is 0 Å². The van der Waals surface area contributed by atoms with E-state index in [0.717, 1.165) is 25.7 Å². The van der Waals surface area contributed by atoms with Crippen LogP contribution in [0.2, 0.25) is 0 Å². The van der Waals surface area contributed by atoms with Crippen LogP contribution in [0.3, 0.4) is 0 Å². The van der Waals surface area contributed by atoms with Crippen molar-refractivity contribution in [2.45, 2.75) is 32.6 Å². The second-order valence-corrected chi connectivity index (χ2v) is 2.43.